The summed E-state index contributed by atoms with van der Waals surface area (Å²) in [6.07, 6.45) is 9.97. The molecule has 0 radical (unpaired) electrons. The Kier molecular flexibility index (Phi) is 7.94. The Balaban J connectivity index is 1.32. The van der Waals surface area contributed by atoms with Crippen molar-refractivity contribution in [2.24, 2.45) is 11.8 Å². The van der Waals surface area contributed by atoms with Gasteiger partial charge in [-0.05, 0) is 68.1 Å². The molecule has 194 valence electrons. The SMILES string of the molecule is C[C@H]1C[C@H](C)CN(c2cc(N3CCCCC3)nc(NC(=S)NCC3(c4ccccc4)CCCC3)n2)C1. The first-order valence-electron chi connectivity index (χ1n) is 14.0. The number of piperidine rings is 2. The largest absolute Gasteiger partial charge is 0.361 e. The molecule has 3 aliphatic rings. The number of rotatable bonds is 6. The van der Waals surface area contributed by atoms with Crippen LogP contribution in [0.1, 0.15) is 70.8 Å². The molecule has 3 fully saturated rings. The van der Waals surface area contributed by atoms with Crippen molar-refractivity contribution >= 4 is 34.9 Å². The van der Waals surface area contributed by atoms with Gasteiger partial charge in [-0.2, -0.15) is 9.97 Å². The molecular formula is C29H42N6S. The van der Waals surface area contributed by atoms with E-state index in [1.54, 1.807) is 0 Å². The van der Waals surface area contributed by atoms with Gasteiger partial charge < -0.3 is 20.4 Å². The molecule has 2 saturated heterocycles. The molecule has 0 spiro atoms. The minimum atomic E-state index is 0.148. The molecular weight excluding hydrogens is 464 g/mol. The molecule has 7 heteroatoms. The minimum absolute atomic E-state index is 0.148. The van der Waals surface area contributed by atoms with Crippen LogP contribution < -0.4 is 20.4 Å². The predicted octanol–water partition coefficient (Wildman–Crippen LogP) is 5.75. The summed E-state index contributed by atoms with van der Waals surface area (Å²) >= 11 is 5.78. The van der Waals surface area contributed by atoms with E-state index in [0.717, 1.165) is 44.4 Å². The number of anilines is 3. The van der Waals surface area contributed by atoms with E-state index >= 15 is 0 Å². The fourth-order valence-electron chi connectivity index (χ4n) is 6.58. The van der Waals surface area contributed by atoms with Gasteiger partial charge in [-0.15, -0.1) is 0 Å². The maximum absolute atomic E-state index is 5.78. The molecule has 2 aromatic rings. The Morgan fingerprint density at radius 1 is 0.917 bits per heavy atom. The highest BCUT2D eigenvalue weighted by Crippen LogP contribution is 2.40. The van der Waals surface area contributed by atoms with E-state index in [1.165, 1.54) is 56.9 Å². The Bertz CT molecular complexity index is 1010. The average molecular weight is 507 g/mol. The van der Waals surface area contributed by atoms with Crippen LogP contribution in [0.4, 0.5) is 17.6 Å². The van der Waals surface area contributed by atoms with Crippen LogP contribution >= 0.6 is 12.2 Å². The maximum atomic E-state index is 5.78. The summed E-state index contributed by atoms with van der Waals surface area (Å²) in [7, 11) is 0. The predicted molar refractivity (Wildman–Crippen MR) is 154 cm³/mol. The lowest BCUT2D eigenvalue weighted by Crippen LogP contribution is -2.41. The van der Waals surface area contributed by atoms with Crippen LogP contribution in [0.15, 0.2) is 36.4 Å². The summed E-state index contributed by atoms with van der Waals surface area (Å²) in [6.45, 7) is 9.74. The van der Waals surface area contributed by atoms with Crippen molar-refractivity contribution in [1.82, 2.24) is 15.3 Å². The lowest BCUT2D eigenvalue weighted by molar-refractivity contribution is 0.355. The lowest BCUT2D eigenvalue weighted by atomic mass is 9.79. The topological polar surface area (TPSA) is 56.3 Å². The molecule has 0 unspecified atom stereocenters. The smallest absolute Gasteiger partial charge is 0.232 e. The normalized spacial score (nSPS) is 23.9. The second-order valence-corrected chi connectivity index (χ2v) is 11.9. The number of nitrogens with zero attached hydrogens (tertiary/aromatic N) is 4. The van der Waals surface area contributed by atoms with Crippen molar-refractivity contribution in [3.8, 4) is 0 Å². The van der Waals surface area contributed by atoms with E-state index in [1.807, 2.05) is 0 Å². The van der Waals surface area contributed by atoms with Gasteiger partial charge in [-0.3, -0.25) is 0 Å². The van der Waals surface area contributed by atoms with Crippen molar-refractivity contribution < 1.29 is 0 Å². The van der Waals surface area contributed by atoms with E-state index < -0.39 is 0 Å². The Morgan fingerprint density at radius 2 is 1.56 bits per heavy atom. The molecule has 1 aromatic heterocycles. The number of thiocarbonyl (C=S) groups is 1. The van der Waals surface area contributed by atoms with Gasteiger partial charge in [-0.25, -0.2) is 0 Å². The standard InChI is InChI=1S/C29H42N6S/c1-22-17-23(2)20-35(19-22)26-18-25(34-15-9-4-10-16-34)31-27(32-26)33-28(36)30-21-29(13-7-8-14-29)24-11-5-3-6-12-24/h3,5-6,11-12,18,22-23H,4,7-10,13-17,19-21H2,1-2H3,(H2,30,31,32,33,36)/t22-,23-/m0/s1. The van der Waals surface area contributed by atoms with Crippen LogP contribution in [0.3, 0.4) is 0 Å². The van der Waals surface area contributed by atoms with Gasteiger partial charge in [0.1, 0.15) is 11.6 Å². The van der Waals surface area contributed by atoms with Crippen molar-refractivity contribution in [3.05, 3.63) is 42.0 Å². The van der Waals surface area contributed by atoms with Gasteiger partial charge >= 0.3 is 0 Å². The fraction of sp³-hybridized carbons (Fsp3) is 0.621. The number of aromatic nitrogens is 2. The Labute approximate surface area is 222 Å². The zero-order chi connectivity index (χ0) is 25.0. The third kappa shape index (κ3) is 5.93. The van der Waals surface area contributed by atoms with Crippen molar-refractivity contribution in [2.45, 2.75) is 70.6 Å². The molecule has 3 heterocycles. The monoisotopic (exact) mass is 506 g/mol. The van der Waals surface area contributed by atoms with Crippen LogP contribution in [0, 0.1) is 11.8 Å². The van der Waals surface area contributed by atoms with Gasteiger partial charge in [0.05, 0.1) is 0 Å². The first-order valence-corrected chi connectivity index (χ1v) is 14.4. The molecule has 6 nitrogen and oxygen atoms in total. The molecule has 0 amide bonds. The van der Waals surface area contributed by atoms with Crippen molar-refractivity contribution in [3.63, 3.8) is 0 Å². The summed E-state index contributed by atoms with van der Waals surface area (Å²) in [6, 6.07) is 13.1. The molecule has 1 aliphatic carbocycles. The number of benzene rings is 1. The fourth-order valence-corrected chi connectivity index (χ4v) is 6.74. The third-order valence-corrected chi connectivity index (χ3v) is 8.58. The summed E-state index contributed by atoms with van der Waals surface area (Å²) in [5.74, 6) is 3.98. The van der Waals surface area contributed by atoms with E-state index in [2.05, 4.69) is 70.7 Å². The summed E-state index contributed by atoms with van der Waals surface area (Å²) in [5.41, 5.74) is 1.56. The molecule has 5 rings (SSSR count). The molecule has 1 aromatic carbocycles. The second kappa shape index (κ2) is 11.3. The van der Waals surface area contributed by atoms with Gasteiger partial charge in [0.2, 0.25) is 5.95 Å². The zero-order valence-electron chi connectivity index (χ0n) is 22.0. The maximum Gasteiger partial charge on any atom is 0.232 e. The van der Waals surface area contributed by atoms with E-state index in [0.29, 0.717) is 22.9 Å². The van der Waals surface area contributed by atoms with Crippen LogP contribution in [-0.2, 0) is 5.41 Å². The highest BCUT2D eigenvalue weighted by Gasteiger charge is 2.35. The lowest BCUT2D eigenvalue weighted by Gasteiger charge is -2.36. The highest BCUT2D eigenvalue weighted by atomic mass is 32.1. The Morgan fingerprint density at radius 3 is 2.22 bits per heavy atom. The van der Waals surface area contributed by atoms with Crippen molar-refractivity contribution in [1.29, 1.82) is 0 Å². The van der Waals surface area contributed by atoms with Crippen LogP contribution in [0.2, 0.25) is 0 Å². The first kappa shape index (κ1) is 25.2. The number of nitrogens with one attached hydrogen (secondary N) is 2. The van der Waals surface area contributed by atoms with Gasteiger partial charge in [0.25, 0.3) is 0 Å². The highest BCUT2D eigenvalue weighted by molar-refractivity contribution is 7.80. The van der Waals surface area contributed by atoms with E-state index in [-0.39, 0.29) is 5.41 Å². The summed E-state index contributed by atoms with van der Waals surface area (Å²) < 4.78 is 0. The van der Waals surface area contributed by atoms with E-state index in [9.17, 15) is 0 Å². The number of hydrogen-bond acceptors (Lipinski definition) is 5. The molecule has 2 atom stereocenters. The molecule has 0 bridgehead atoms. The van der Waals surface area contributed by atoms with Gasteiger partial charge in [-0.1, -0.05) is 57.0 Å². The van der Waals surface area contributed by atoms with E-state index in [4.69, 9.17) is 22.2 Å². The Hall–Kier alpha value is -2.41. The van der Waals surface area contributed by atoms with Crippen LogP contribution in [0.5, 0.6) is 0 Å². The summed E-state index contributed by atoms with van der Waals surface area (Å²) in [5, 5.41) is 7.51. The zero-order valence-corrected chi connectivity index (χ0v) is 22.8. The van der Waals surface area contributed by atoms with Crippen molar-refractivity contribution in [2.75, 3.05) is 47.8 Å². The minimum Gasteiger partial charge on any atom is -0.361 e. The van der Waals surface area contributed by atoms with Gasteiger partial charge in [0.15, 0.2) is 5.11 Å². The number of hydrogen-bond donors (Lipinski definition) is 2. The molecule has 2 N–H and O–H groups in total. The second-order valence-electron chi connectivity index (χ2n) is 11.5. The molecule has 2 aliphatic heterocycles. The first-order chi connectivity index (χ1) is 17.5. The quantitative estimate of drug-likeness (QED) is 0.484. The van der Waals surface area contributed by atoms with Crippen LogP contribution in [0.25, 0.3) is 0 Å². The molecule has 36 heavy (non-hydrogen) atoms. The van der Waals surface area contributed by atoms with Gasteiger partial charge in [0, 0.05) is 44.2 Å². The molecule has 1 saturated carbocycles. The third-order valence-electron chi connectivity index (χ3n) is 8.33. The van der Waals surface area contributed by atoms with Crippen LogP contribution in [-0.4, -0.2) is 47.8 Å². The summed E-state index contributed by atoms with van der Waals surface area (Å²) in [4.78, 5) is 14.8. The average Bonchev–Trinajstić information content (AvgIpc) is 3.38.